The van der Waals surface area contributed by atoms with Gasteiger partial charge in [0.15, 0.2) is 0 Å². The summed E-state index contributed by atoms with van der Waals surface area (Å²) in [5.74, 6) is 0.328. The molecule has 0 saturated carbocycles. The summed E-state index contributed by atoms with van der Waals surface area (Å²) >= 11 is 5.46. The summed E-state index contributed by atoms with van der Waals surface area (Å²) in [5.41, 5.74) is -0.822. The topological polar surface area (TPSA) is 42.4 Å². The van der Waals surface area contributed by atoms with Gasteiger partial charge in [0.05, 0.1) is 18.7 Å². The average molecular weight is 309 g/mol. The van der Waals surface area contributed by atoms with E-state index in [0.29, 0.717) is 13.1 Å². The van der Waals surface area contributed by atoms with Crippen molar-refractivity contribution in [2.24, 2.45) is 0 Å². The van der Waals surface area contributed by atoms with E-state index in [4.69, 9.17) is 16.3 Å². The van der Waals surface area contributed by atoms with Crippen LogP contribution in [0.25, 0.3) is 0 Å². The highest BCUT2D eigenvalue weighted by Crippen LogP contribution is 2.29. The normalized spacial score (nSPS) is 15.9. The second kappa shape index (κ2) is 5.87. The average Bonchev–Trinajstić information content (AvgIpc) is 2.33. The Bertz CT molecular complexity index is 473. The Morgan fingerprint density at radius 1 is 1.45 bits per heavy atom. The molecule has 1 saturated heterocycles. The molecular weight excluding hydrogens is 297 g/mol. The zero-order chi connectivity index (χ0) is 14.8. The van der Waals surface area contributed by atoms with Crippen molar-refractivity contribution >= 4 is 17.5 Å². The van der Waals surface area contributed by atoms with E-state index >= 15 is 0 Å². The zero-order valence-electron chi connectivity index (χ0n) is 10.4. The number of pyridine rings is 1. The molecular formula is C12H12ClF3N2O2. The fourth-order valence-electron chi connectivity index (χ4n) is 1.74. The number of ether oxygens (including phenoxy) is 1. The molecule has 0 radical (unpaired) electrons. The molecule has 0 unspecified atom stereocenters. The lowest BCUT2D eigenvalue weighted by molar-refractivity contribution is -0.140. The van der Waals surface area contributed by atoms with Crippen LogP contribution in [0.2, 0.25) is 0 Å². The van der Waals surface area contributed by atoms with Gasteiger partial charge >= 0.3 is 6.18 Å². The van der Waals surface area contributed by atoms with Gasteiger partial charge in [-0.1, -0.05) is 0 Å². The lowest BCUT2D eigenvalue weighted by Gasteiger charge is -2.38. The van der Waals surface area contributed by atoms with Crippen molar-refractivity contribution in [2.75, 3.05) is 19.0 Å². The van der Waals surface area contributed by atoms with Gasteiger partial charge in [0, 0.05) is 24.6 Å². The molecule has 1 aromatic rings. The summed E-state index contributed by atoms with van der Waals surface area (Å²) in [7, 11) is 0. The van der Waals surface area contributed by atoms with Crippen molar-refractivity contribution in [3.63, 3.8) is 0 Å². The molecule has 4 nitrogen and oxygen atoms in total. The first-order valence-corrected chi connectivity index (χ1v) is 6.47. The molecule has 20 heavy (non-hydrogen) atoms. The van der Waals surface area contributed by atoms with E-state index < -0.39 is 11.7 Å². The summed E-state index contributed by atoms with van der Waals surface area (Å²) < 4.78 is 42.4. The third-order valence-electron chi connectivity index (χ3n) is 2.86. The Hall–Kier alpha value is -1.50. The molecule has 2 heterocycles. The molecule has 0 spiro atoms. The number of aromatic nitrogens is 1. The minimum atomic E-state index is -4.41. The molecule has 1 aromatic heterocycles. The lowest BCUT2D eigenvalue weighted by Crippen LogP contribution is -2.56. The lowest BCUT2D eigenvalue weighted by atomic mass is 10.1. The molecule has 0 aromatic carbocycles. The fourth-order valence-corrected chi connectivity index (χ4v) is 1.91. The third-order valence-corrected chi connectivity index (χ3v) is 3.05. The molecule has 2 rings (SSSR count). The van der Waals surface area contributed by atoms with Gasteiger partial charge in [-0.25, -0.2) is 4.98 Å². The summed E-state index contributed by atoms with van der Waals surface area (Å²) in [6, 6.07) is 2.09. The van der Waals surface area contributed by atoms with Gasteiger partial charge in [0.2, 0.25) is 11.8 Å². The van der Waals surface area contributed by atoms with E-state index in [9.17, 15) is 18.0 Å². The summed E-state index contributed by atoms with van der Waals surface area (Å²) in [5, 5.41) is 0. The number of carbonyl (C=O) groups excluding carboxylic acids is 1. The number of carbonyl (C=O) groups is 1. The third kappa shape index (κ3) is 3.53. The van der Waals surface area contributed by atoms with E-state index in [2.05, 4.69) is 4.98 Å². The van der Waals surface area contributed by atoms with Crippen LogP contribution >= 0.6 is 11.6 Å². The first-order chi connectivity index (χ1) is 9.40. The highest BCUT2D eigenvalue weighted by molar-refractivity contribution is 6.18. The molecule has 8 heteroatoms. The largest absolute Gasteiger partial charge is 0.471 e. The Morgan fingerprint density at radius 3 is 2.65 bits per heavy atom. The monoisotopic (exact) mass is 308 g/mol. The maximum Gasteiger partial charge on any atom is 0.417 e. The number of nitrogens with zero attached hydrogens (tertiary/aromatic N) is 2. The molecule has 0 N–H and O–H groups in total. The number of halogens is 4. The molecule has 1 fully saturated rings. The van der Waals surface area contributed by atoms with Crippen LogP contribution in [0, 0.1) is 0 Å². The predicted molar refractivity (Wildman–Crippen MR) is 65.6 cm³/mol. The Morgan fingerprint density at radius 2 is 2.15 bits per heavy atom. The Balaban J connectivity index is 1.83. The maximum absolute atomic E-state index is 12.3. The van der Waals surface area contributed by atoms with E-state index in [1.807, 2.05) is 0 Å². The summed E-state index contributed by atoms with van der Waals surface area (Å²) in [6.07, 6.45) is -3.65. The second-order valence-corrected chi connectivity index (χ2v) is 4.74. The van der Waals surface area contributed by atoms with E-state index in [1.165, 1.54) is 6.07 Å². The van der Waals surface area contributed by atoms with E-state index in [-0.39, 0.29) is 30.2 Å². The molecule has 0 bridgehead atoms. The minimum Gasteiger partial charge on any atom is -0.471 e. The quantitative estimate of drug-likeness (QED) is 0.802. The highest BCUT2D eigenvalue weighted by atomic mass is 35.5. The molecule has 1 amide bonds. The van der Waals surface area contributed by atoms with Crippen LogP contribution in [0.3, 0.4) is 0 Å². The van der Waals surface area contributed by atoms with Gasteiger partial charge in [0.1, 0.15) is 6.10 Å². The van der Waals surface area contributed by atoms with Gasteiger partial charge in [-0.05, 0) is 6.07 Å². The first-order valence-electron chi connectivity index (χ1n) is 5.94. The molecule has 0 aliphatic carbocycles. The van der Waals surface area contributed by atoms with Gasteiger partial charge in [0.25, 0.3) is 0 Å². The van der Waals surface area contributed by atoms with Crippen molar-refractivity contribution < 1.29 is 22.7 Å². The second-order valence-electron chi connectivity index (χ2n) is 4.36. The van der Waals surface area contributed by atoms with Crippen LogP contribution in [0.4, 0.5) is 13.2 Å². The Kier molecular flexibility index (Phi) is 4.37. The van der Waals surface area contributed by atoms with Gasteiger partial charge in [-0.2, -0.15) is 13.2 Å². The number of rotatable bonds is 4. The predicted octanol–water partition coefficient (Wildman–Crippen LogP) is 2.32. The number of hydrogen-bond donors (Lipinski definition) is 0. The van der Waals surface area contributed by atoms with Crippen LogP contribution in [-0.2, 0) is 11.0 Å². The van der Waals surface area contributed by atoms with Crippen molar-refractivity contribution in [3.8, 4) is 5.88 Å². The standard InChI is InChI=1S/C12H12ClF3N2O2/c13-4-3-11(19)18-6-9(7-18)20-10-2-1-8(5-17-10)12(14,15)16/h1-2,5,9H,3-4,6-7H2. The van der Waals surface area contributed by atoms with Crippen LogP contribution in [0.5, 0.6) is 5.88 Å². The fraction of sp³-hybridized carbons (Fsp3) is 0.500. The van der Waals surface area contributed by atoms with Crippen LogP contribution < -0.4 is 4.74 Å². The van der Waals surface area contributed by atoms with Crippen molar-refractivity contribution in [2.45, 2.75) is 18.7 Å². The molecule has 1 aliphatic rings. The molecule has 1 aliphatic heterocycles. The maximum atomic E-state index is 12.3. The zero-order valence-corrected chi connectivity index (χ0v) is 11.1. The first kappa shape index (κ1) is 14.9. The number of alkyl halides is 4. The van der Waals surface area contributed by atoms with Crippen molar-refractivity contribution in [1.29, 1.82) is 0 Å². The van der Waals surface area contributed by atoms with Crippen molar-refractivity contribution in [3.05, 3.63) is 23.9 Å². The summed E-state index contributed by atoms with van der Waals surface area (Å²) in [4.78, 5) is 16.6. The van der Waals surface area contributed by atoms with Crippen LogP contribution in [-0.4, -0.2) is 40.9 Å². The van der Waals surface area contributed by atoms with Gasteiger partial charge < -0.3 is 9.64 Å². The highest BCUT2D eigenvalue weighted by Gasteiger charge is 2.33. The number of likely N-dealkylation sites (tertiary alicyclic amines) is 1. The van der Waals surface area contributed by atoms with Crippen molar-refractivity contribution in [1.82, 2.24) is 9.88 Å². The number of hydrogen-bond acceptors (Lipinski definition) is 3. The summed E-state index contributed by atoms with van der Waals surface area (Å²) in [6.45, 7) is 0.802. The molecule has 110 valence electrons. The SMILES string of the molecule is O=C(CCCl)N1CC(Oc2ccc(C(F)(F)F)cn2)C1. The van der Waals surface area contributed by atoms with E-state index in [0.717, 1.165) is 12.3 Å². The van der Waals surface area contributed by atoms with Gasteiger partial charge in [-0.15, -0.1) is 11.6 Å². The van der Waals surface area contributed by atoms with Crippen LogP contribution in [0.1, 0.15) is 12.0 Å². The minimum absolute atomic E-state index is 0.0553. The Labute approximate surface area is 118 Å². The van der Waals surface area contributed by atoms with Crippen LogP contribution in [0.15, 0.2) is 18.3 Å². The number of amides is 1. The smallest absolute Gasteiger partial charge is 0.417 e. The molecule has 0 atom stereocenters. The van der Waals surface area contributed by atoms with E-state index in [1.54, 1.807) is 4.90 Å². The van der Waals surface area contributed by atoms with Gasteiger partial charge in [-0.3, -0.25) is 4.79 Å².